The molecule has 9 heteroatoms. The summed E-state index contributed by atoms with van der Waals surface area (Å²) in [4.78, 5) is 0. The van der Waals surface area contributed by atoms with Gasteiger partial charge in [-0.15, -0.1) is 13.2 Å². The molecule has 0 aromatic heterocycles. The smallest absolute Gasteiger partial charge is 0.512 e. The van der Waals surface area contributed by atoms with E-state index >= 15 is 0 Å². The molecule has 0 radical (unpaired) electrons. The summed E-state index contributed by atoms with van der Waals surface area (Å²) < 4.78 is 43.9. The normalized spacial score (nSPS) is 11.1. The lowest BCUT2D eigenvalue weighted by molar-refractivity contribution is -0.274. The third kappa shape index (κ3) is 4.73. The van der Waals surface area contributed by atoms with Crippen LogP contribution in [0.25, 0.3) is 0 Å². The molecule has 0 unspecified atom stereocenters. The van der Waals surface area contributed by atoms with Crippen molar-refractivity contribution in [1.29, 1.82) is 0 Å². The van der Waals surface area contributed by atoms with E-state index in [1.165, 1.54) is 6.07 Å². The minimum absolute atomic E-state index is 0.177. The molecule has 2 N–H and O–H groups in total. The van der Waals surface area contributed by atoms with E-state index in [1.807, 2.05) is 0 Å². The van der Waals surface area contributed by atoms with Gasteiger partial charge < -0.3 is 19.4 Å². The first-order valence-corrected chi connectivity index (χ1v) is 4.65. The lowest BCUT2D eigenvalue weighted by atomic mass is 10.2. The van der Waals surface area contributed by atoms with E-state index in [0.29, 0.717) is 0 Å². The minimum atomic E-state index is -4.82. The van der Waals surface area contributed by atoms with Crippen LogP contribution < -0.4 is 9.39 Å². The molecule has 0 saturated heterocycles. The summed E-state index contributed by atoms with van der Waals surface area (Å²) in [6, 6.07) is 3.18. The lowest BCUT2D eigenvalue weighted by Crippen LogP contribution is -2.21. The average molecular weight is 301 g/mol. The van der Waals surface area contributed by atoms with E-state index in [1.54, 1.807) is 0 Å². The van der Waals surface area contributed by atoms with Crippen LogP contribution in [0, 0.1) is 0 Å². The lowest BCUT2D eigenvalue weighted by Gasteiger charge is -2.11. The zero-order chi connectivity index (χ0) is 12.3. The fourth-order valence-electron chi connectivity index (χ4n) is 0.919. The van der Waals surface area contributed by atoms with Gasteiger partial charge in [-0.1, -0.05) is 15.9 Å². The van der Waals surface area contributed by atoms with Gasteiger partial charge in [0.25, 0.3) is 0 Å². The summed E-state index contributed by atoms with van der Waals surface area (Å²) >= 11 is 2.92. The van der Waals surface area contributed by atoms with Crippen LogP contribution in [0.2, 0.25) is 0 Å². The quantitative estimate of drug-likeness (QED) is 0.834. The molecular weight excluding hydrogens is 296 g/mol. The van der Waals surface area contributed by atoms with E-state index < -0.39 is 19.4 Å². The van der Waals surface area contributed by atoms with E-state index in [-0.39, 0.29) is 10.2 Å². The number of alkyl halides is 3. The van der Waals surface area contributed by atoms with Crippen molar-refractivity contribution < 1.29 is 32.6 Å². The Morgan fingerprint density at radius 2 is 1.69 bits per heavy atom. The van der Waals surface area contributed by atoms with E-state index in [0.717, 1.165) is 12.1 Å². The Kier molecular flexibility index (Phi) is 4.06. The zero-order valence-electron chi connectivity index (χ0n) is 7.53. The summed E-state index contributed by atoms with van der Waals surface area (Å²) in [5.74, 6) is -0.707. The van der Waals surface area contributed by atoms with E-state index in [9.17, 15) is 13.2 Å². The maximum absolute atomic E-state index is 11.9. The van der Waals surface area contributed by atoms with Gasteiger partial charge in [0.15, 0.2) is 0 Å². The summed E-state index contributed by atoms with van der Waals surface area (Å²) in [5.41, 5.74) is 0. The van der Waals surface area contributed by atoms with Crippen LogP contribution in [0.1, 0.15) is 0 Å². The minimum Gasteiger partial charge on any atom is -0.512 e. The van der Waals surface area contributed by atoms with E-state index in [4.69, 9.17) is 10.0 Å². The molecule has 1 aromatic rings. The SMILES string of the molecule is OB(O)Oc1cc(Br)cc(OC(F)(F)F)c1. The van der Waals surface area contributed by atoms with Crippen molar-refractivity contribution in [1.82, 2.24) is 0 Å². The highest BCUT2D eigenvalue weighted by atomic mass is 79.9. The third-order valence-electron chi connectivity index (χ3n) is 1.32. The van der Waals surface area contributed by atoms with Crippen molar-refractivity contribution in [3.05, 3.63) is 22.7 Å². The largest absolute Gasteiger partial charge is 0.707 e. The van der Waals surface area contributed by atoms with Crippen LogP contribution in [0.3, 0.4) is 0 Å². The van der Waals surface area contributed by atoms with Gasteiger partial charge in [-0.05, 0) is 12.1 Å². The van der Waals surface area contributed by atoms with Gasteiger partial charge in [0.2, 0.25) is 0 Å². The highest BCUT2D eigenvalue weighted by Crippen LogP contribution is 2.30. The number of hydrogen-bond donors (Lipinski definition) is 2. The van der Waals surface area contributed by atoms with Crippen molar-refractivity contribution >= 4 is 23.3 Å². The predicted octanol–water partition coefficient (Wildman–Crippen LogP) is 1.70. The number of hydrogen-bond acceptors (Lipinski definition) is 4. The Labute approximate surface area is 96.9 Å². The van der Waals surface area contributed by atoms with E-state index in [2.05, 4.69) is 25.3 Å². The van der Waals surface area contributed by atoms with Gasteiger partial charge in [0.05, 0.1) is 0 Å². The fourth-order valence-corrected chi connectivity index (χ4v) is 1.37. The predicted molar refractivity (Wildman–Crippen MR) is 51.6 cm³/mol. The monoisotopic (exact) mass is 300 g/mol. The second kappa shape index (κ2) is 4.94. The first kappa shape index (κ1) is 13.1. The van der Waals surface area contributed by atoms with Gasteiger partial charge in [-0.25, -0.2) is 0 Å². The molecule has 0 bridgehead atoms. The molecule has 1 aromatic carbocycles. The van der Waals surface area contributed by atoms with Crippen molar-refractivity contribution in [2.75, 3.05) is 0 Å². The van der Waals surface area contributed by atoms with Crippen molar-refractivity contribution in [2.24, 2.45) is 0 Å². The summed E-state index contributed by atoms with van der Waals surface area (Å²) in [5, 5.41) is 17.0. The zero-order valence-corrected chi connectivity index (χ0v) is 9.12. The van der Waals surface area contributed by atoms with Gasteiger partial charge >= 0.3 is 13.7 Å². The molecule has 0 amide bonds. The molecule has 16 heavy (non-hydrogen) atoms. The van der Waals surface area contributed by atoms with Crippen molar-refractivity contribution in [3.8, 4) is 11.5 Å². The molecule has 1 rings (SSSR count). The molecule has 0 saturated carbocycles. The topological polar surface area (TPSA) is 58.9 Å². The Balaban J connectivity index is 2.90. The molecule has 0 aliphatic rings. The summed E-state index contributed by atoms with van der Waals surface area (Å²) in [6.07, 6.45) is -4.82. The fraction of sp³-hybridized carbons (Fsp3) is 0.143. The molecule has 0 aliphatic heterocycles. The average Bonchev–Trinajstić information content (AvgIpc) is 1.96. The van der Waals surface area contributed by atoms with Crippen LogP contribution in [0.4, 0.5) is 13.2 Å². The summed E-state index contributed by atoms with van der Waals surface area (Å²) in [7, 11) is -2.12. The first-order chi connectivity index (χ1) is 7.26. The van der Waals surface area contributed by atoms with Gasteiger partial charge in [0.1, 0.15) is 11.5 Å². The van der Waals surface area contributed by atoms with Crippen LogP contribution in [-0.4, -0.2) is 23.7 Å². The Hall–Kier alpha value is -0.925. The molecule has 0 atom stereocenters. The Morgan fingerprint density at radius 1 is 1.12 bits per heavy atom. The van der Waals surface area contributed by atoms with Crippen LogP contribution in [-0.2, 0) is 0 Å². The number of benzene rings is 1. The maximum Gasteiger partial charge on any atom is 0.707 e. The molecule has 0 aliphatic carbocycles. The molecule has 4 nitrogen and oxygen atoms in total. The molecular formula is C7H5BBrF3O4. The summed E-state index contributed by atoms with van der Waals surface area (Å²) in [6.45, 7) is 0. The van der Waals surface area contributed by atoms with Crippen LogP contribution in [0.15, 0.2) is 22.7 Å². The highest BCUT2D eigenvalue weighted by Gasteiger charge is 2.31. The number of rotatable bonds is 3. The second-order valence-corrected chi connectivity index (χ2v) is 3.53. The van der Waals surface area contributed by atoms with Crippen molar-refractivity contribution in [3.63, 3.8) is 0 Å². The third-order valence-corrected chi connectivity index (χ3v) is 1.78. The molecule has 88 valence electrons. The standard InChI is InChI=1S/C7H5BBrF3O4/c9-4-1-5(15-7(10,11)12)3-6(2-4)16-8(13)14/h1-3,13-14H. The highest BCUT2D eigenvalue weighted by molar-refractivity contribution is 9.10. The number of ether oxygens (including phenoxy) is 1. The second-order valence-electron chi connectivity index (χ2n) is 2.61. The molecule has 0 spiro atoms. The van der Waals surface area contributed by atoms with Gasteiger partial charge in [-0.2, -0.15) is 0 Å². The number of halogens is 4. The van der Waals surface area contributed by atoms with Gasteiger partial charge in [-0.3, -0.25) is 0 Å². The van der Waals surface area contributed by atoms with Gasteiger partial charge in [0, 0.05) is 10.5 Å². The molecule has 0 heterocycles. The van der Waals surface area contributed by atoms with Crippen LogP contribution >= 0.6 is 15.9 Å². The molecule has 0 fully saturated rings. The first-order valence-electron chi connectivity index (χ1n) is 3.85. The van der Waals surface area contributed by atoms with Crippen molar-refractivity contribution in [2.45, 2.75) is 6.36 Å². The maximum atomic E-state index is 11.9. The van der Waals surface area contributed by atoms with Crippen LogP contribution in [0.5, 0.6) is 11.5 Å². The Morgan fingerprint density at radius 3 is 2.19 bits per heavy atom. The Bertz CT molecular complexity index is 371.